The highest BCUT2D eigenvalue weighted by atomic mass is 79.9. The number of phenols is 1. The topological polar surface area (TPSA) is 75.6 Å². The van der Waals surface area contributed by atoms with Crippen LogP contribution in [0.3, 0.4) is 0 Å². The van der Waals surface area contributed by atoms with E-state index in [0.29, 0.717) is 5.75 Å². The van der Waals surface area contributed by atoms with Gasteiger partial charge in [0.2, 0.25) is 0 Å². The molecular formula is C19H15BrClNO4S. The van der Waals surface area contributed by atoms with E-state index in [0.717, 1.165) is 11.1 Å². The summed E-state index contributed by atoms with van der Waals surface area (Å²) < 4.78 is 33.6. The molecule has 8 heteroatoms. The number of ether oxygens (including phenoxy) is 1. The van der Waals surface area contributed by atoms with Gasteiger partial charge in [-0.25, -0.2) is 8.42 Å². The molecule has 0 heterocycles. The maximum atomic E-state index is 12.8. The molecule has 0 bridgehead atoms. The first kappa shape index (κ1) is 19.5. The molecule has 0 saturated carbocycles. The van der Waals surface area contributed by atoms with Gasteiger partial charge in [-0.15, -0.1) is 0 Å². The second kappa shape index (κ2) is 7.80. The van der Waals surface area contributed by atoms with Crippen LogP contribution in [0.1, 0.15) is 0 Å². The highest BCUT2D eigenvalue weighted by Crippen LogP contribution is 2.37. The number of nitrogens with one attached hydrogen (secondary N) is 1. The van der Waals surface area contributed by atoms with E-state index in [9.17, 15) is 13.5 Å². The Morgan fingerprint density at radius 3 is 2.41 bits per heavy atom. The summed E-state index contributed by atoms with van der Waals surface area (Å²) in [7, 11) is -2.67. The highest BCUT2D eigenvalue weighted by molar-refractivity contribution is 9.10. The third-order valence-corrected chi connectivity index (χ3v) is 6.04. The molecule has 27 heavy (non-hydrogen) atoms. The van der Waals surface area contributed by atoms with Crippen molar-refractivity contribution >= 4 is 43.2 Å². The minimum Gasteiger partial charge on any atom is -0.505 e. The predicted molar refractivity (Wildman–Crippen MR) is 110 cm³/mol. The number of halogens is 2. The van der Waals surface area contributed by atoms with E-state index in [4.69, 9.17) is 16.3 Å². The van der Waals surface area contributed by atoms with E-state index in [1.54, 1.807) is 12.1 Å². The molecule has 0 aliphatic carbocycles. The molecule has 140 valence electrons. The van der Waals surface area contributed by atoms with Crippen molar-refractivity contribution in [3.05, 3.63) is 70.2 Å². The zero-order chi connectivity index (χ0) is 19.6. The number of sulfonamides is 1. The summed E-state index contributed by atoms with van der Waals surface area (Å²) in [5.74, 6) is -0.0797. The summed E-state index contributed by atoms with van der Waals surface area (Å²) in [5, 5.41) is 10.3. The molecule has 2 N–H and O–H groups in total. The van der Waals surface area contributed by atoms with Crippen molar-refractivity contribution in [1.29, 1.82) is 0 Å². The Morgan fingerprint density at radius 1 is 1.04 bits per heavy atom. The van der Waals surface area contributed by atoms with Crippen LogP contribution in [0.2, 0.25) is 5.02 Å². The third-order valence-electron chi connectivity index (χ3n) is 3.83. The second-order valence-electron chi connectivity index (χ2n) is 5.62. The molecule has 0 aliphatic rings. The highest BCUT2D eigenvalue weighted by Gasteiger charge is 2.23. The average molecular weight is 469 g/mol. The Labute approximate surface area is 170 Å². The van der Waals surface area contributed by atoms with Crippen LogP contribution in [0.15, 0.2) is 70.0 Å². The molecule has 0 amide bonds. The van der Waals surface area contributed by atoms with Crippen LogP contribution in [0, 0.1) is 0 Å². The summed E-state index contributed by atoms with van der Waals surface area (Å²) in [5.41, 5.74) is 1.98. The summed E-state index contributed by atoms with van der Waals surface area (Å²) >= 11 is 9.03. The molecule has 0 aromatic heterocycles. The molecule has 3 aromatic carbocycles. The lowest BCUT2D eigenvalue weighted by Crippen LogP contribution is -2.14. The molecule has 3 aromatic rings. The fourth-order valence-electron chi connectivity index (χ4n) is 2.54. The Kier molecular flexibility index (Phi) is 5.64. The first-order valence-corrected chi connectivity index (χ1v) is 10.4. The lowest BCUT2D eigenvalue weighted by Gasteiger charge is -2.15. The van der Waals surface area contributed by atoms with Crippen LogP contribution in [0.5, 0.6) is 11.5 Å². The monoisotopic (exact) mass is 467 g/mol. The van der Waals surface area contributed by atoms with Gasteiger partial charge in [0.15, 0.2) is 0 Å². The molecule has 5 nitrogen and oxygen atoms in total. The van der Waals surface area contributed by atoms with E-state index in [-0.39, 0.29) is 20.1 Å². The Hall–Kier alpha value is -2.22. The van der Waals surface area contributed by atoms with Gasteiger partial charge in [-0.1, -0.05) is 48.0 Å². The summed E-state index contributed by atoms with van der Waals surface area (Å²) in [6.07, 6.45) is 0. The minimum absolute atomic E-state index is 0.171. The predicted octanol–water partition coefficient (Wildman–Crippen LogP) is 5.28. The van der Waals surface area contributed by atoms with E-state index in [1.807, 2.05) is 36.4 Å². The van der Waals surface area contributed by atoms with Crippen LogP contribution < -0.4 is 9.46 Å². The fraction of sp³-hybridized carbons (Fsp3) is 0.0526. The SMILES string of the molecule is COc1ccc(-c2ccccc2)cc1NS(=O)(=O)c1cc(Cl)cc(Br)c1O. The lowest BCUT2D eigenvalue weighted by molar-refractivity contribution is 0.417. The standard InChI is InChI=1S/C19H15BrClNO4S/c1-26-17-8-7-13(12-5-3-2-4-6-12)9-16(17)22-27(24,25)18-11-14(21)10-15(20)19(18)23/h2-11,22-23H,1H3. The molecular weight excluding hydrogens is 454 g/mol. The van der Waals surface area contributed by atoms with Crippen molar-refractivity contribution in [1.82, 2.24) is 0 Å². The summed E-state index contributed by atoms with van der Waals surface area (Å²) in [6, 6.07) is 17.3. The molecule has 3 rings (SSSR count). The lowest BCUT2D eigenvalue weighted by atomic mass is 10.1. The van der Waals surface area contributed by atoms with Crippen LogP contribution in [0.25, 0.3) is 11.1 Å². The Bertz CT molecular complexity index is 1090. The summed E-state index contributed by atoms with van der Waals surface area (Å²) in [6.45, 7) is 0. The van der Waals surface area contributed by atoms with Crippen LogP contribution in [0.4, 0.5) is 5.69 Å². The van der Waals surface area contributed by atoms with E-state index >= 15 is 0 Å². The first-order chi connectivity index (χ1) is 12.8. The molecule has 0 unspecified atom stereocenters. The van der Waals surface area contributed by atoms with E-state index < -0.39 is 15.8 Å². The number of hydrogen-bond acceptors (Lipinski definition) is 4. The van der Waals surface area contributed by atoms with E-state index in [1.165, 1.54) is 19.2 Å². The number of hydrogen-bond donors (Lipinski definition) is 2. The van der Waals surface area contributed by atoms with Crippen LogP contribution >= 0.6 is 27.5 Å². The number of benzene rings is 3. The maximum Gasteiger partial charge on any atom is 0.265 e. The van der Waals surface area contributed by atoms with E-state index in [2.05, 4.69) is 20.7 Å². The molecule has 0 aliphatic heterocycles. The number of anilines is 1. The third kappa shape index (κ3) is 4.21. The van der Waals surface area contributed by atoms with Gasteiger partial charge in [-0.2, -0.15) is 0 Å². The molecule has 0 atom stereocenters. The van der Waals surface area contributed by atoms with Crippen LogP contribution in [-0.4, -0.2) is 20.6 Å². The maximum absolute atomic E-state index is 12.8. The number of aromatic hydroxyl groups is 1. The van der Waals surface area contributed by atoms with Gasteiger partial charge < -0.3 is 9.84 Å². The van der Waals surface area contributed by atoms with Gasteiger partial charge in [-0.3, -0.25) is 4.72 Å². The van der Waals surface area contributed by atoms with Gasteiger partial charge in [0.05, 0.1) is 17.3 Å². The van der Waals surface area contributed by atoms with Gasteiger partial charge in [0, 0.05) is 5.02 Å². The zero-order valence-electron chi connectivity index (χ0n) is 14.1. The quantitative estimate of drug-likeness (QED) is 0.534. The van der Waals surface area contributed by atoms with Gasteiger partial charge in [0.1, 0.15) is 16.4 Å². The second-order valence-corrected chi connectivity index (χ2v) is 8.56. The van der Waals surface area contributed by atoms with Crippen molar-refractivity contribution < 1.29 is 18.3 Å². The number of methoxy groups -OCH3 is 1. The molecule has 0 fully saturated rings. The number of phenolic OH excluding ortho intramolecular Hbond substituents is 1. The fourth-order valence-corrected chi connectivity index (χ4v) is 4.76. The van der Waals surface area contributed by atoms with Crippen molar-refractivity contribution in [2.24, 2.45) is 0 Å². The molecule has 0 radical (unpaired) electrons. The zero-order valence-corrected chi connectivity index (χ0v) is 17.3. The van der Waals surface area contributed by atoms with Crippen molar-refractivity contribution in [3.63, 3.8) is 0 Å². The Balaban J connectivity index is 2.06. The number of rotatable bonds is 5. The van der Waals surface area contributed by atoms with Gasteiger partial charge >= 0.3 is 0 Å². The van der Waals surface area contributed by atoms with Crippen LogP contribution in [-0.2, 0) is 10.0 Å². The largest absolute Gasteiger partial charge is 0.505 e. The average Bonchev–Trinajstić information content (AvgIpc) is 2.65. The van der Waals surface area contributed by atoms with Crippen molar-refractivity contribution in [2.75, 3.05) is 11.8 Å². The first-order valence-electron chi connectivity index (χ1n) is 7.76. The molecule has 0 saturated heterocycles. The smallest absolute Gasteiger partial charge is 0.265 e. The summed E-state index contributed by atoms with van der Waals surface area (Å²) in [4.78, 5) is -0.339. The van der Waals surface area contributed by atoms with Crippen molar-refractivity contribution in [2.45, 2.75) is 4.90 Å². The Morgan fingerprint density at radius 2 is 1.74 bits per heavy atom. The van der Waals surface area contributed by atoms with Crippen molar-refractivity contribution in [3.8, 4) is 22.6 Å². The van der Waals surface area contributed by atoms with Gasteiger partial charge in [0.25, 0.3) is 10.0 Å². The van der Waals surface area contributed by atoms with Gasteiger partial charge in [-0.05, 0) is 51.3 Å². The minimum atomic E-state index is -4.11. The normalized spacial score (nSPS) is 11.2. The molecule has 0 spiro atoms.